The summed E-state index contributed by atoms with van der Waals surface area (Å²) in [5, 5.41) is 3.12. The lowest BCUT2D eigenvalue weighted by Gasteiger charge is -2.15. The van der Waals surface area contributed by atoms with Crippen molar-refractivity contribution < 1.29 is 9.53 Å². The normalized spacial score (nSPS) is 9.80. The van der Waals surface area contributed by atoms with Crippen LogP contribution in [0.5, 0.6) is 5.75 Å². The summed E-state index contributed by atoms with van der Waals surface area (Å²) in [6, 6.07) is 3.95. The average molecular weight is 207 g/mol. The van der Waals surface area contributed by atoms with Crippen LogP contribution in [0.15, 0.2) is 12.1 Å². The van der Waals surface area contributed by atoms with Crippen LogP contribution in [0, 0.1) is 6.92 Å². The summed E-state index contributed by atoms with van der Waals surface area (Å²) < 4.78 is 5.26. The Hall–Kier alpha value is -1.51. The summed E-state index contributed by atoms with van der Waals surface area (Å²) in [6.45, 7) is 2.04. The number of carbonyl (C=O) groups excluding carboxylic acids is 1. The van der Waals surface area contributed by atoms with Gasteiger partial charge in [-0.05, 0) is 30.5 Å². The Morgan fingerprint density at radius 1 is 1.47 bits per heavy atom. The quantitative estimate of drug-likeness (QED) is 0.752. The van der Waals surface area contributed by atoms with Crippen LogP contribution in [0.3, 0.4) is 0 Å². The van der Waals surface area contributed by atoms with Crippen LogP contribution in [-0.2, 0) is 11.2 Å². The summed E-state index contributed by atoms with van der Waals surface area (Å²) >= 11 is 0. The van der Waals surface area contributed by atoms with Crippen molar-refractivity contribution in [2.75, 3.05) is 19.5 Å². The maximum absolute atomic E-state index is 10.4. The SMILES string of the molecule is CNc1c(OC)ccc(C)c1CCC=O. The largest absolute Gasteiger partial charge is 0.495 e. The molecule has 3 heteroatoms. The molecule has 1 rings (SSSR count). The molecule has 0 saturated carbocycles. The van der Waals surface area contributed by atoms with E-state index < -0.39 is 0 Å². The van der Waals surface area contributed by atoms with Crippen LogP contribution >= 0.6 is 0 Å². The molecule has 15 heavy (non-hydrogen) atoms. The summed E-state index contributed by atoms with van der Waals surface area (Å²) in [5.74, 6) is 0.823. The monoisotopic (exact) mass is 207 g/mol. The fourth-order valence-electron chi connectivity index (χ4n) is 1.70. The number of anilines is 1. The second-order valence-corrected chi connectivity index (χ2v) is 3.39. The van der Waals surface area contributed by atoms with Crippen molar-refractivity contribution in [2.24, 2.45) is 0 Å². The van der Waals surface area contributed by atoms with E-state index in [4.69, 9.17) is 4.74 Å². The van der Waals surface area contributed by atoms with Gasteiger partial charge in [-0.25, -0.2) is 0 Å². The number of hydrogen-bond acceptors (Lipinski definition) is 3. The molecule has 0 radical (unpaired) electrons. The van der Waals surface area contributed by atoms with Crippen molar-refractivity contribution in [3.63, 3.8) is 0 Å². The third-order valence-corrected chi connectivity index (χ3v) is 2.49. The molecule has 0 aliphatic carbocycles. The Morgan fingerprint density at radius 3 is 2.73 bits per heavy atom. The zero-order chi connectivity index (χ0) is 11.3. The molecule has 0 aliphatic heterocycles. The molecule has 0 spiro atoms. The third-order valence-electron chi connectivity index (χ3n) is 2.49. The van der Waals surface area contributed by atoms with Crippen molar-refractivity contribution >= 4 is 12.0 Å². The average Bonchev–Trinajstić information content (AvgIpc) is 2.27. The van der Waals surface area contributed by atoms with Crippen LogP contribution in [-0.4, -0.2) is 20.4 Å². The van der Waals surface area contributed by atoms with Crippen molar-refractivity contribution in [3.05, 3.63) is 23.3 Å². The number of carbonyl (C=O) groups is 1. The second kappa shape index (κ2) is 5.39. The third kappa shape index (κ3) is 2.49. The van der Waals surface area contributed by atoms with Gasteiger partial charge in [-0.1, -0.05) is 6.07 Å². The van der Waals surface area contributed by atoms with Crippen molar-refractivity contribution in [1.82, 2.24) is 0 Å². The summed E-state index contributed by atoms with van der Waals surface area (Å²) in [5.41, 5.74) is 3.32. The second-order valence-electron chi connectivity index (χ2n) is 3.39. The number of aldehydes is 1. The molecular weight excluding hydrogens is 190 g/mol. The number of nitrogens with one attached hydrogen (secondary N) is 1. The lowest BCUT2D eigenvalue weighted by molar-refractivity contribution is -0.107. The molecule has 0 bridgehead atoms. The molecule has 82 valence electrons. The Labute approximate surface area is 90.4 Å². The zero-order valence-corrected chi connectivity index (χ0v) is 9.46. The minimum Gasteiger partial charge on any atom is -0.495 e. The molecule has 0 aromatic heterocycles. The predicted octanol–water partition coefficient (Wildman–Crippen LogP) is 2.18. The fraction of sp³-hybridized carbons (Fsp3) is 0.417. The van der Waals surface area contributed by atoms with Gasteiger partial charge in [0, 0.05) is 13.5 Å². The van der Waals surface area contributed by atoms with Gasteiger partial charge in [-0.15, -0.1) is 0 Å². The number of benzene rings is 1. The van der Waals surface area contributed by atoms with E-state index in [9.17, 15) is 4.79 Å². The van der Waals surface area contributed by atoms with E-state index in [2.05, 4.69) is 5.32 Å². The van der Waals surface area contributed by atoms with E-state index in [1.54, 1.807) is 7.11 Å². The molecule has 3 nitrogen and oxygen atoms in total. The lowest BCUT2D eigenvalue weighted by atomic mass is 10.0. The molecule has 1 aromatic carbocycles. The van der Waals surface area contributed by atoms with Gasteiger partial charge in [-0.3, -0.25) is 0 Å². The van der Waals surface area contributed by atoms with Crippen molar-refractivity contribution in [3.8, 4) is 5.75 Å². The van der Waals surface area contributed by atoms with Crippen LogP contribution in [0.4, 0.5) is 5.69 Å². The smallest absolute Gasteiger partial charge is 0.142 e. The highest BCUT2D eigenvalue weighted by Gasteiger charge is 2.09. The molecule has 0 atom stereocenters. The van der Waals surface area contributed by atoms with Gasteiger partial charge in [0.15, 0.2) is 0 Å². The van der Waals surface area contributed by atoms with Gasteiger partial charge < -0.3 is 14.8 Å². The van der Waals surface area contributed by atoms with Gasteiger partial charge >= 0.3 is 0 Å². The molecule has 0 heterocycles. The summed E-state index contributed by atoms with van der Waals surface area (Å²) in [6.07, 6.45) is 2.24. The van der Waals surface area contributed by atoms with E-state index in [1.165, 1.54) is 5.56 Å². The van der Waals surface area contributed by atoms with Crippen LogP contribution in [0.2, 0.25) is 0 Å². The Balaban J connectivity index is 3.13. The highest BCUT2D eigenvalue weighted by Crippen LogP contribution is 2.31. The maximum Gasteiger partial charge on any atom is 0.142 e. The number of ether oxygens (including phenoxy) is 1. The van der Waals surface area contributed by atoms with E-state index >= 15 is 0 Å². The number of hydrogen-bond donors (Lipinski definition) is 1. The van der Waals surface area contributed by atoms with Gasteiger partial charge in [0.05, 0.1) is 12.8 Å². The first-order valence-electron chi connectivity index (χ1n) is 5.02. The minimum absolute atomic E-state index is 0.544. The van der Waals surface area contributed by atoms with Gasteiger partial charge in [0.2, 0.25) is 0 Å². The lowest BCUT2D eigenvalue weighted by Crippen LogP contribution is -2.01. The highest BCUT2D eigenvalue weighted by molar-refractivity contribution is 5.65. The predicted molar refractivity (Wildman–Crippen MR) is 61.7 cm³/mol. The summed E-state index contributed by atoms with van der Waals surface area (Å²) in [7, 11) is 3.51. The first-order chi connectivity index (χ1) is 7.24. The number of aryl methyl sites for hydroxylation is 1. The van der Waals surface area contributed by atoms with E-state index in [0.29, 0.717) is 6.42 Å². The Morgan fingerprint density at radius 2 is 2.20 bits per heavy atom. The molecule has 0 saturated heterocycles. The first-order valence-corrected chi connectivity index (χ1v) is 5.02. The number of rotatable bonds is 5. The molecule has 0 aliphatic rings. The fourth-order valence-corrected chi connectivity index (χ4v) is 1.70. The van der Waals surface area contributed by atoms with Crippen LogP contribution < -0.4 is 10.1 Å². The molecule has 0 amide bonds. The first kappa shape index (κ1) is 11.6. The van der Waals surface area contributed by atoms with E-state index in [1.807, 2.05) is 26.1 Å². The number of methoxy groups -OCH3 is 1. The molecule has 1 N–H and O–H groups in total. The van der Waals surface area contributed by atoms with E-state index in [0.717, 1.165) is 29.7 Å². The van der Waals surface area contributed by atoms with Gasteiger partial charge in [0.25, 0.3) is 0 Å². The topological polar surface area (TPSA) is 38.3 Å². The van der Waals surface area contributed by atoms with Crippen LogP contribution in [0.25, 0.3) is 0 Å². The van der Waals surface area contributed by atoms with Gasteiger partial charge in [-0.2, -0.15) is 0 Å². The van der Waals surface area contributed by atoms with Gasteiger partial charge in [0.1, 0.15) is 12.0 Å². The molecule has 0 fully saturated rings. The Bertz CT molecular complexity index is 348. The maximum atomic E-state index is 10.4. The molecular formula is C12H17NO2. The molecule has 0 unspecified atom stereocenters. The highest BCUT2D eigenvalue weighted by atomic mass is 16.5. The zero-order valence-electron chi connectivity index (χ0n) is 9.46. The standard InChI is InChI=1S/C12H17NO2/c1-9-6-7-11(15-3)12(13-2)10(9)5-4-8-14/h6-8,13H,4-5H2,1-3H3. The summed E-state index contributed by atoms with van der Waals surface area (Å²) in [4.78, 5) is 10.4. The van der Waals surface area contributed by atoms with Crippen LogP contribution in [0.1, 0.15) is 17.5 Å². The minimum atomic E-state index is 0.544. The Kier molecular flexibility index (Phi) is 4.16. The van der Waals surface area contributed by atoms with E-state index in [-0.39, 0.29) is 0 Å². The van der Waals surface area contributed by atoms with Crippen molar-refractivity contribution in [2.45, 2.75) is 19.8 Å². The van der Waals surface area contributed by atoms with Crippen molar-refractivity contribution in [1.29, 1.82) is 0 Å². The molecule has 1 aromatic rings.